The maximum atomic E-state index is 12.4. The first-order chi connectivity index (χ1) is 14.2. The van der Waals surface area contributed by atoms with Crippen LogP contribution in [0.5, 0.6) is 0 Å². The molecule has 7 nitrogen and oxygen atoms in total. The average molecular weight is 440 g/mol. The summed E-state index contributed by atoms with van der Waals surface area (Å²) >= 11 is 1.12. The lowest BCUT2D eigenvalue weighted by Gasteiger charge is -2.43. The molecule has 0 spiro atoms. The molecule has 2 bridgehead atoms. The Balaban J connectivity index is 1.77. The summed E-state index contributed by atoms with van der Waals surface area (Å²) in [4.78, 5) is 24.1. The number of aliphatic hydroxyl groups is 2. The van der Waals surface area contributed by atoms with E-state index in [1.54, 1.807) is 0 Å². The van der Waals surface area contributed by atoms with Crippen LogP contribution in [0.3, 0.4) is 0 Å². The number of rotatable bonds is 1. The van der Waals surface area contributed by atoms with Gasteiger partial charge in [0.25, 0.3) is 5.24 Å². The molecule has 3 aliphatic heterocycles. The average Bonchev–Trinajstić information content (AvgIpc) is 3.11. The van der Waals surface area contributed by atoms with Crippen LogP contribution in [0.25, 0.3) is 0 Å². The van der Waals surface area contributed by atoms with E-state index in [0.717, 1.165) is 23.8 Å². The number of esters is 1. The lowest BCUT2D eigenvalue weighted by Crippen LogP contribution is -2.58. The molecule has 0 aromatic carbocycles. The standard InChI is InChI=1S/C22H33NO6S/c1-14-4-3-5-16(24)8-6-15(2)10-20(25)28-18-11-17(9-7-14)29-22(27,12-18)19-13-30-21(26)23-19/h3-4,10,14,16-19,24,27H,5-9,11-13H2,1-2H3,(H,23,26)/b4-3-,15-10-/t14-,16+,17-,18-,19+,22-/m1/s1. The molecule has 0 aromatic rings. The molecule has 2 saturated heterocycles. The molecule has 0 saturated carbocycles. The van der Waals surface area contributed by atoms with Crippen molar-refractivity contribution in [2.45, 2.75) is 88.9 Å². The number of amides is 1. The minimum absolute atomic E-state index is 0.127. The number of thioether (sulfide) groups is 1. The summed E-state index contributed by atoms with van der Waals surface area (Å²) in [6, 6.07) is -0.527. The first kappa shape index (κ1) is 23.3. The molecule has 168 valence electrons. The molecule has 30 heavy (non-hydrogen) atoms. The van der Waals surface area contributed by atoms with E-state index in [-0.39, 0.29) is 17.8 Å². The Hall–Kier alpha value is -1.35. The molecule has 3 N–H and O–H groups in total. The van der Waals surface area contributed by atoms with Crippen LogP contribution in [-0.4, -0.2) is 57.3 Å². The third-order valence-corrected chi connectivity index (χ3v) is 6.85. The largest absolute Gasteiger partial charge is 0.459 e. The number of nitrogens with one attached hydrogen (secondary N) is 1. The Morgan fingerprint density at radius 3 is 2.77 bits per heavy atom. The SMILES string of the molecule is C/C1=C/C(=O)O[C@@H]2C[C@@H](CC[C@H](C)/C=C\C[C@H](O)CC1)O[C@@](O)([C@@H]1CSC(=O)N1)C2. The van der Waals surface area contributed by atoms with Crippen LogP contribution in [-0.2, 0) is 14.3 Å². The summed E-state index contributed by atoms with van der Waals surface area (Å²) in [6.07, 6.45) is 8.38. The van der Waals surface area contributed by atoms with E-state index < -0.39 is 30.0 Å². The number of hydrogen-bond acceptors (Lipinski definition) is 7. The van der Waals surface area contributed by atoms with Gasteiger partial charge in [-0.1, -0.05) is 36.4 Å². The number of hydrogen-bond donors (Lipinski definition) is 3. The van der Waals surface area contributed by atoms with Gasteiger partial charge < -0.3 is 25.0 Å². The number of aliphatic hydroxyl groups excluding tert-OH is 1. The topological polar surface area (TPSA) is 105 Å². The van der Waals surface area contributed by atoms with Crippen molar-refractivity contribution in [3.8, 4) is 0 Å². The molecular formula is C22H33NO6S. The van der Waals surface area contributed by atoms with E-state index in [9.17, 15) is 19.8 Å². The van der Waals surface area contributed by atoms with Crippen LogP contribution >= 0.6 is 11.8 Å². The zero-order valence-electron chi connectivity index (χ0n) is 17.7. The highest BCUT2D eigenvalue weighted by Gasteiger charge is 2.49. The smallest absolute Gasteiger partial charge is 0.330 e. The number of fused-ring (bicyclic) bond motifs is 2. The third-order valence-electron chi connectivity index (χ3n) is 5.97. The predicted octanol–water partition coefficient (Wildman–Crippen LogP) is 3.05. The number of carbonyl (C=O) groups is 2. The van der Waals surface area contributed by atoms with Gasteiger partial charge in [-0.25, -0.2) is 4.79 Å². The molecule has 1 amide bonds. The van der Waals surface area contributed by atoms with E-state index >= 15 is 0 Å². The van der Waals surface area contributed by atoms with Crippen LogP contribution in [0.4, 0.5) is 4.79 Å². The van der Waals surface area contributed by atoms with Crippen LogP contribution in [0.2, 0.25) is 0 Å². The van der Waals surface area contributed by atoms with Gasteiger partial charge in [0.2, 0.25) is 0 Å². The van der Waals surface area contributed by atoms with Gasteiger partial charge in [-0.15, -0.1) is 0 Å². The Bertz CT molecular complexity index is 695. The van der Waals surface area contributed by atoms with Gasteiger partial charge in [0.15, 0.2) is 5.79 Å². The second-order valence-corrected chi connectivity index (χ2v) is 9.77. The fourth-order valence-electron chi connectivity index (χ4n) is 4.20. The van der Waals surface area contributed by atoms with Crippen molar-refractivity contribution in [2.75, 3.05) is 5.75 Å². The summed E-state index contributed by atoms with van der Waals surface area (Å²) in [6.45, 7) is 3.96. The van der Waals surface area contributed by atoms with Crippen LogP contribution in [0.1, 0.15) is 58.8 Å². The van der Waals surface area contributed by atoms with Crippen LogP contribution in [0, 0.1) is 5.92 Å². The van der Waals surface area contributed by atoms with Crippen LogP contribution in [0.15, 0.2) is 23.8 Å². The second kappa shape index (κ2) is 10.3. The van der Waals surface area contributed by atoms with Gasteiger partial charge in [-0.3, -0.25) is 4.79 Å². The molecule has 0 aliphatic carbocycles. The summed E-state index contributed by atoms with van der Waals surface area (Å²) in [5, 5.41) is 23.9. The van der Waals surface area contributed by atoms with Crippen molar-refractivity contribution in [1.29, 1.82) is 0 Å². The summed E-state index contributed by atoms with van der Waals surface area (Å²) in [5.74, 6) is -1.28. The summed E-state index contributed by atoms with van der Waals surface area (Å²) in [7, 11) is 0. The van der Waals surface area contributed by atoms with Gasteiger partial charge in [0.05, 0.1) is 18.2 Å². The zero-order chi connectivity index (χ0) is 21.7. The molecule has 8 heteroatoms. The van der Waals surface area contributed by atoms with Crippen molar-refractivity contribution in [2.24, 2.45) is 5.92 Å². The minimum Gasteiger partial charge on any atom is -0.459 e. The first-order valence-corrected chi connectivity index (χ1v) is 11.8. The Labute approximate surface area is 182 Å². The molecule has 0 unspecified atom stereocenters. The van der Waals surface area contributed by atoms with Gasteiger partial charge in [0.1, 0.15) is 6.10 Å². The van der Waals surface area contributed by atoms with Gasteiger partial charge >= 0.3 is 5.97 Å². The quantitative estimate of drug-likeness (QED) is 0.426. The maximum absolute atomic E-state index is 12.4. The normalized spacial score (nSPS) is 42.0. The van der Waals surface area contributed by atoms with Crippen molar-refractivity contribution in [1.82, 2.24) is 5.32 Å². The van der Waals surface area contributed by atoms with E-state index in [1.165, 1.54) is 6.08 Å². The summed E-state index contributed by atoms with van der Waals surface area (Å²) in [5.41, 5.74) is 0.849. The third kappa shape index (κ3) is 6.57. The van der Waals surface area contributed by atoms with Gasteiger partial charge in [0, 0.05) is 24.7 Å². The molecular weight excluding hydrogens is 406 g/mol. The first-order valence-electron chi connectivity index (χ1n) is 10.8. The Kier molecular flexibility index (Phi) is 8.01. The van der Waals surface area contributed by atoms with E-state index in [1.807, 2.05) is 13.0 Å². The Morgan fingerprint density at radius 1 is 1.23 bits per heavy atom. The Morgan fingerprint density at radius 2 is 2.03 bits per heavy atom. The van der Waals surface area contributed by atoms with Crippen LogP contribution < -0.4 is 5.32 Å². The molecule has 3 aliphatic rings. The van der Waals surface area contributed by atoms with Crippen molar-refractivity contribution in [3.05, 3.63) is 23.8 Å². The number of carbonyl (C=O) groups excluding carboxylic acids is 2. The highest BCUT2D eigenvalue weighted by molar-refractivity contribution is 8.14. The van der Waals surface area contributed by atoms with Crippen molar-refractivity contribution >= 4 is 23.0 Å². The van der Waals surface area contributed by atoms with Crippen molar-refractivity contribution in [3.63, 3.8) is 0 Å². The maximum Gasteiger partial charge on any atom is 0.330 e. The number of allylic oxidation sites excluding steroid dienone is 2. The second-order valence-electron chi connectivity index (χ2n) is 8.78. The molecule has 2 fully saturated rings. The lowest BCUT2D eigenvalue weighted by atomic mass is 9.90. The monoisotopic (exact) mass is 439 g/mol. The summed E-state index contributed by atoms with van der Waals surface area (Å²) < 4.78 is 11.7. The molecule has 6 atom stereocenters. The van der Waals surface area contributed by atoms with Crippen molar-refractivity contribution < 1.29 is 29.3 Å². The fourth-order valence-corrected chi connectivity index (χ4v) is 5.09. The highest BCUT2D eigenvalue weighted by Crippen LogP contribution is 2.37. The van der Waals surface area contributed by atoms with E-state index in [0.29, 0.717) is 43.8 Å². The van der Waals surface area contributed by atoms with E-state index in [4.69, 9.17) is 9.47 Å². The van der Waals surface area contributed by atoms with Gasteiger partial charge in [-0.05, 0) is 44.9 Å². The molecule has 3 rings (SSSR count). The highest BCUT2D eigenvalue weighted by atomic mass is 32.2. The molecule has 0 radical (unpaired) electrons. The predicted molar refractivity (Wildman–Crippen MR) is 115 cm³/mol. The zero-order valence-corrected chi connectivity index (χ0v) is 18.5. The minimum atomic E-state index is -1.56. The lowest BCUT2D eigenvalue weighted by molar-refractivity contribution is -0.283. The van der Waals surface area contributed by atoms with Gasteiger partial charge in [-0.2, -0.15) is 0 Å². The van der Waals surface area contributed by atoms with E-state index in [2.05, 4.69) is 18.3 Å². The molecule has 3 heterocycles. The fraction of sp³-hybridized carbons (Fsp3) is 0.727. The molecule has 0 aromatic heterocycles. The number of ether oxygens (including phenoxy) is 2.